The summed E-state index contributed by atoms with van der Waals surface area (Å²) in [5, 5.41) is 0.437. The summed E-state index contributed by atoms with van der Waals surface area (Å²) in [6.45, 7) is 4.13. The molecular weight excluding hydrogens is 312 g/mol. The Morgan fingerprint density at radius 1 is 1.08 bits per heavy atom. The monoisotopic (exact) mass is 336 g/mol. The van der Waals surface area contributed by atoms with Crippen molar-refractivity contribution >= 4 is 16.7 Å². The number of methoxy groups -OCH3 is 2. The normalized spacial score (nSPS) is 11.2. The smallest absolute Gasteiger partial charge is 0.332 e. The molecule has 0 unspecified atom stereocenters. The molecule has 0 saturated heterocycles. The fourth-order valence-electron chi connectivity index (χ4n) is 2.75. The molecule has 2 rings (SSSR count). The summed E-state index contributed by atoms with van der Waals surface area (Å²) in [6.07, 6.45) is 1.68. The van der Waals surface area contributed by atoms with E-state index in [2.05, 4.69) is 4.98 Å². The van der Waals surface area contributed by atoms with E-state index in [1.807, 2.05) is 11.8 Å². The van der Waals surface area contributed by atoms with Gasteiger partial charge >= 0.3 is 5.69 Å². The van der Waals surface area contributed by atoms with Gasteiger partial charge in [0.1, 0.15) is 5.39 Å². The Hall–Kier alpha value is -2.19. The van der Waals surface area contributed by atoms with Gasteiger partial charge in [-0.25, -0.2) is 9.78 Å². The van der Waals surface area contributed by atoms with Gasteiger partial charge < -0.3 is 14.4 Å². The van der Waals surface area contributed by atoms with Crippen LogP contribution in [0.15, 0.2) is 15.8 Å². The van der Waals surface area contributed by atoms with Gasteiger partial charge in [0, 0.05) is 47.6 Å². The lowest BCUT2D eigenvalue weighted by Crippen LogP contribution is -2.39. The highest BCUT2D eigenvalue weighted by molar-refractivity contribution is 5.90. The van der Waals surface area contributed by atoms with E-state index < -0.39 is 5.69 Å². The Labute approximate surface area is 140 Å². The molecule has 2 aromatic heterocycles. The van der Waals surface area contributed by atoms with Crippen molar-refractivity contribution in [2.75, 3.05) is 45.4 Å². The summed E-state index contributed by atoms with van der Waals surface area (Å²) < 4.78 is 12.9. The zero-order valence-corrected chi connectivity index (χ0v) is 14.8. The molecule has 0 aliphatic carbocycles. The third-order valence-electron chi connectivity index (χ3n) is 4.07. The first-order valence-corrected chi connectivity index (χ1v) is 7.72. The summed E-state index contributed by atoms with van der Waals surface area (Å²) in [4.78, 5) is 31.2. The number of anilines is 1. The van der Waals surface area contributed by atoms with Crippen molar-refractivity contribution in [3.63, 3.8) is 0 Å². The third-order valence-corrected chi connectivity index (χ3v) is 4.07. The molecule has 0 bridgehead atoms. The minimum atomic E-state index is -0.393. The summed E-state index contributed by atoms with van der Waals surface area (Å²) in [5.41, 5.74) is 1.27. The second-order valence-electron chi connectivity index (χ2n) is 5.67. The predicted molar refractivity (Wildman–Crippen MR) is 92.9 cm³/mol. The first-order chi connectivity index (χ1) is 11.4. The Balaban J connectivity index is 2.77. The van der Waals surface area contributed by atoms with Crippen molar-refractivity contribution in [3.05, 3.63) is 32.6 Å². The van der Waals surface area contributed by atoms with Crippen LogP contribution >= 0.6 is 0 Å². The lowest BCUT2D eigenvalue weighted by molar-refractivity contribution is 0.190. The second kappa shape index (κ2) is 7.59. The van der Waals surface area contributed by atoms with E-state index in [1.54, 1.807) is 27.5 Å². The molecular formula is C16H24N4O4. The SMILES string of the molecule is COCCN(CCOC)c1c(C)cnc2c1c(=O)n(C)c(=O)n2C. The number of aryl methyl sites for hydroxylation is 2. The molecule has 0 aliphatic heterocycles. The minimum absolute atomic E-state index is 0.348. The number of aromatic nitrogens is 3. The maximum Gasteiger partial charge on any atom is 0.332 e. The van der Waals surface area contributed by atoms with Crippen LogP contribution in [0.25, 0.3) is 11.0 Å². The van der Waals surface area contributed by atoms with E-state index in [9.17, 15) is 9.59 Å². The highest BCUT2D eigenvalue weighted by Crippen LogP contribution is 2.25. The van der Waals surface area contributed by atoms with Crippen LogP contribution in [0, 0.1) is 6.92 Å². The lowest BCUT2D eigenvalue weighted by Gasteiger charge is -2.27. The van der Waals surface area contributed by atoms with E-state index in [-0.39, 0.29) is 5.56 Å². The average Bonchev–Trinajstić information content (AvgIpc) is 2.58. The maximum absolute atomic E-state index is 12.7. The van der Waals surface area contributed by atoms with E-state index in [0.29, 0.717) is 37.3 Å². The number of ether oxygens (including phenoxy) is 2. The second-order valence-corrected chi connectivity index (χ2v) is 5.67. The predicted octanol–water partition coefficient (Wildman–Crippen LogP) is 0.0398. The molecule has 0 radical (unpaired) electrons. The van der Waals surface area contributed by atoms with Crippen LogP contribution in [-0.2, 0) is 23.6 Å². The number of nitrogens with zero attached hydrogens (tertiary/aromatic N) is 4. The molecule has 0 saturated carbocycles. The van der Waals surface area contributed by atoms with Crippen LogP contribution in [0.1, 0.15) is 5.56 Å². The Morgan fingerprint density at radius 2 is 1.67 bits per heavy atom. The zero-order chi connectivity index (χ0) is 17.9. The Kier molecular flexibility index (Phi) is 5.74. The fourth-order valence-corrected chi connectivity index (χ4v) is 2.75. The maximum atomic E-state index is 12.7. The molecule has 0 spiro atoms. The zero-order valence-electron chi connectivity index (χ0n) is 14.8. The highest BCUT2D eigenvalue weighted by atomic mass is 16.5. The van der Waals surface area contributed by atoms with Gasteiger partial charge in [-0.1, -0.05) is 0 Å². The molecule has 0 fully saturated rings. The fraction of sp³-hybridized carbons (Fsp3) is 0.562. The van der Waals surface area contributed by atoms with Gasteiger partial charge in [-0.05, 0) is 12.5 Å². The van der Waals surface area contributed by atoms with Gasteiger partial charge in [0.2, 0.25) is 0 Å². The molecule has 8 nitrogen and oxygen atoms in total. The molecule has 0 amide bonds. The van der Waals surface area contributed by atoms with Gasteiger partial charge in [-0.2, -0.15) is 0 Å². The largest absolute Gasteiger partial charge is 0.383 e. The van der Waals surface area contributed by atoms with Crippen molar-refractivity contribution in [2.24, 2.45) is 14.1 Å². The third kappa shape index (κ3) is 3.20. The van der Waals surface area contributed by atoms with E-state index in [1.165, 1.54) is 11.6 Å². The minimum Gasteiger partial charge on any atom is -0.383 e. The molecule has 8 heteroatoms. The van der Waals surface area contributed by atoms with Crippen LogP contribution in [0.4, 0.5) is 5.69 Å². The number of pyridine rings is 1. The summed E-state index contributed by atoms with van der Waals surface area (Å²) >= 11 is 0. The molecule has 24 heavy (non-hydrogen) atoms. The first kappa shape index (κ1) is 18.2. The molecule has 0 atom stereocenters. The van der Waals surface area contributed by atoms with Crippen LogP contribution < -0.4 is 16.1 Å². The van der Waals surface area contributed by atoms with Gasteiger partial charge in [0.15, 0.2) is 5.65 Å². The van der Waals surface area contributed by atoms with Crippen molar-refractivity contribution in [2.45, 2.75) is 6.92 Å². The summed E-state index contributed by atoms with van der Waals surface area (Å²) in [6, 6.07) is 0. The van der Waals surface area contributed by atoms with Gasteiger partial charge in [-0.3, -0.25) is 13.9 Å². The van der Waals surface area contributed by atoms with E-state index in [0.717, 1.165) is 15.8 Å². The number of fused-ring (bicyclic) bond motifs is 1. The lowest BCUT2D eigenvalue weighted by atomic mass is 10.1. The van der Waals surface area contributed by atoms with E-state index >= 15 is 0 Å². The van der Waals surface area contributed by atoms with Crippen LogP contribution in [0.5, 0.6) is 0 Å². The molecule has 132 valence electrons. The average molecular weight is 336 g/mol. The molecule has 0 aromatic carbocycles. The molecule has 2 heterocycles. The van der Waals surface area contributed by atoms with Crippen molar-refractivity contribution < 1.29 is 9.47 Å². The first-order valence-electron chi connectivity index (χ1n) is 7.72. The van der Waals surface area contributed by atoms with Crippen LogP contribution in [0.2, 0.25) is 0 Å². The number of rotatable bonds is 7. The van der Waals surface area contributed by atoms with Crippen molar-refractivity contribution in [3.8, 4) is 0 Å². The standard InChI is InChI=1S/C16H24N4O4/c1-11-10-17-14-12(15(21)19(3)16(22)18(14)2)13(11)20(6-8-23-4)7-9-24-5/h10H,6-9H2,1-5H3. The summed E-state index contributed by atoms with van der Waals surface area (Å²) in [5.74, 6) is 0. The topological polar surface area (TPSA) is 78.6 Å². The highest BCUT2D eigenvalue weighted by Gasteiger charge is 2.20. The number of hydrogen-bond donors (Lipinski definition) is 0. The quantitative estimate of drug-likeness (QED) is 0.710. The Bertz CT molecular complexity index is 833. The van der Waals surface area contributed by atoms with Crippen molar-refractivity contribution in [1.82, 2.24) is 14.1 Å². The van der Waals surface area contributed by atoms with Gasteiger partial charge in [-0.15, -0.1) is 0 Å². The molecule has 0 N–H and O–H groups in total. The van der Waals surface area contributed by atoms with Crippen LogP contribution in [-0.4, -0.2) is 54.6 Å². The molecule has 2 aromatic rings. The van der Waals surface area contributed by atoms with E-state index in [4.69, 9.17) is 9.47 Å². The summed E-state index contributed by atoms with van der Waals surface area (Å²) in [7, 11) is 6.36. The molecule has 0 aliphatic rings. The number of hydrogen-bond acceptors (Lipinski definition) is 6. The van der Waals surface area contributed by atoms with Crippen LogP contribution in [0.3, 0.4) is 0 Å². The van der Waals surface area contributed by atoms with Crippen molar-refractivity contribution in [1.29, 1.82) is 0 Å². The Morgan fingerprint density at radius 3 is 2.21 bits per heavy atom. The van der Waals surface area contributed by atoms with Gasteiger partial charge in [0.05, 0.1) is 18.9 Å². The van der Waals surface area contributed by atoms with Gasteiger partial charge in [0.25, 0.3) is 5.56 Å².